The lowest BCUT2D eigenvalue weighted by atomic mass is 10.0. The van der Waals surface area contributed by atoms with E-state index < -0.39 is 0 Å². The normalized spacial score (nSPS) is 12.3. The number of urea groups is 1. The van der Waals surface area contributed by atoms with Gasteiger partial charge in [-0.1, -0.05) is 13.8 Å². The largest absolute Gasteiger partial charge is 0.334 e. The standard InChI is InChI=1S/C16H25N3O2/c1-11(2)15(10-19(4)5)18-16(21)17-14-8-6-13(7-9-14)12(3)20/h6-9,11,15H,10H2,1-5H3,(H2,17,18,21). The molecule has 0 bridgehead atoms. The molecule has 5 heteroatoms. The zero-order valence-corrected chi connectivity index (χ0v) is 13.4. The zero-order valence-electron chi connectivity index (χ0n) is 13.4. The van der Waals surface area contributed by atoms with Crippen LogP contribution in [0.5, 0.6) is 0 Å². The summed E-state index contributed by atoms with van der Waals surface area (Å²) in [6.45, 7) is 6.46. The van der Waals surface area contributed by atoms with Gasteiger partial charge in [0.15, 0.2) is 5.78 Å². The van der Waals surface area contributed by atoms with Gasteiger partial charge in [-0.15, -0.1) is 0 Å². The first-order valence-electron chi connectivity index (χ1n) is 7.13. The number of amides is 2. The molecule has 1 aromatic rings. The number of rotatable bonds is 6. The number of carbonyl (C=O) groups excluding carboxylic acids is 2. The third-order valence-corrected chi connectivity index (χ3v) is 3.23. The Bertz CT molecular complexity index is 481. The molecule has 0 fully saturated rings. The molecular weight excluding hydrogens is 266 g/mol. The highest BCUT2D eigenvalue weighted by Crippen LogP contribution is 2.10. The first-order valence-corrected chi connectivity index (χ1v) is 7.13. The lowest BCUT2D eigenvalue weighted by molar-refractivity contribution is 0.101. The number of likely N-dealkylation sites (N-methyl/N-ethyl adjacent to an activating group) is 1. The van der Waals surface area contributed by atoms with Crippen LogP contribution in [0.2, 0.25) is 0 Å². The highest BCUT2D eigenvalue weighted by atomic mass is 16.2. The van der Waals surface area contributed by atoms with E-state index in [0.29, 0.717) is 17.2 Å². The van der Waals surface area contributed by atoms with Crippen LogP contribution in [-0.2, 0) is 0 Å². The molecule has 0 spiro atoms. The van der Waals surface area contributed by atoms with Gasteiger partial charge in [0.25, 0.3) is 0 Å². The van der Waals surface area contributed by atoms with Gasteiger partial charge in [0.2, 0.25) is 0 Å². The molecule has 2 N–H and O–H groups in total. The van der Waals surface area contributed by atoms with Crippen LogP contribution in [0.25, 0.3) is 0 Å². The fourth-order valence-electron chi connectivity index (χ4n) is 1.94. The van der Waals surface area contributed by atoms with E-state index in [-0.39, 0.29) is 17.9 Å². The Morgan fingerprint density at radius 2 is 1.71 bits per heavy atom. The van der Waals surface area contributed by atoms with Gasteiger partial charge in [0, 0.05) is 23.8 Å². The highest BCUT2D eigenvalue weighted by molar-refractivity contribution is 5.95. The smallest absolute Gasteiger partial charge is 0.319 e. The number of ketones is 1. The summed E-state index contributed by atoms with van der Waals surface area (Å²) in [5.41, 5.74) is 1.30. The van der Waals surface area contributed by atoms with E-state index in [1.807, 2.05) is 19.0 Å². The van der Waals surface area contributed by atoms with Gasteiger partial charge in [-0.05, 0) is 51.2 Å². The molecule has 0 heterocycles. The first-order chi connectivity index (χ1) is 9.79. The Morgan fingerprint density at radius 3 is 2.14 bits per heavy atom. The van der Waals surface area contributed by atoms with Crippen LogP contribution in [0, 0.1) is 5.92 Å². The molecule has 0 aromatic heterocycles. The van der Waals surface area contributed by atoms with Crippen LogP contribution in [0.15, 0.2) is 24.3 Å². The Kier molecular flexibility index (Phi) is 6.37. The predicted molar refractivity (Wildman–Crippen MR) is 85.8 cm³/mol. The van der Waals surface area contributed by atoms with Crippen molar-refractivity contribution in [3.05, 3.63) is 29.8 Å². The summed E-state index contributed by atoms with van der Waals surface area (Å²) in [4.78, 5) is 25.3. The van der Waals surface area contributed by atoms with Crippen molar-refractivity contribution >= 4 is 17.5 Å². The first kappa shape index (κ1) is 17.2. The Labute approximate surface area is 126 Å². The van der Waals surface area contributed by atoms with E-state index in [1.54, 1.807) is 24.3 Å². The number of nitrogens with one attached hydrogen (secondary N) is 2. The van der Waals surface area contributed by atoms with Crippen LogP contribution < -0.4 is 10.6 Å². The average molecular weight is 291 g/mol. The average Bonchev–Trinajstić information content (AvgIpc) is 2.37. The quantitative estimate of drug-likeness (QED) is 0.792. The van der Waals surface area contributed by atoms with Gasteiger partial charge in [-0.3, -0.25) is 4.79 Å². The molecular formula is C16H25N3O2. The minimum absolute atomic E-state index is 0.0110. The van der Waals surface area contributed by atoms with Crippen molar-refractivity contribution < 1.29 is 9.59 Å². The summed E-state index contributed by atoms with van der Waals surface area (Å²) < 4.78 is 0. The van der Waals surface area contributed by atoms with Gasteiger partial charge in [0.1, 0.15) is 0 Å². The maximum atomic E-state index is 12.0. The molecule has 0 saturated carbocycles. The second-order valence-electron chi connectivity index (χ2n) is 5.84. The molecule has 0 aliphatic heterocycles. The Morgan fingerprint density at radius 1 is 1.14 bits per heavy atom. The molecule has 1 rings (SSSR count). The molecule has 0 aliphatic carbocycles. The van der Waals surface area contributed by atoms with Crippen molar-refractivity contribution in [2.75, 3.05) is 26.0 Å². The maximum Gasteiger partial charge on any atom is 0.319 e. The molecule has 5 nitrogen and oxygen atoms in total. The highest BCUT2D eigenvalue weighted by Gasteiger charge is 2.16. The SMILES string of the molecule is CC(=O)c1ccc(NC(=O)NC(CN(C)C)C(C)C)cc1. The number of nitrogens with zero attached hydrogens (tertiary/aromatic N) is 1. The van der Waals surface area contributed by atoms with Crippen LogP contribution in [0.1, 0.15) is 31.1 Å². The minimum atomic E-state index is -0.230. The zero-order chi connectivity index (χ0) is 16.0. The van der Waals surface area contributed by atoms with Crippen LogP contribution in [0.3, 0.4) is 0 Å². The second kappa shape index (κ2) is 7.78. The lowest BCUT2D eigenvalue weighted by Gasteiger charge is -2.25. The van der Waals surface area contributed by atoms with Crippen LogP contribution in [0.4, 0.5) is 10.5 Å². The summed E-state index contributed by atoms with van der Waals surface area (Å²) in [5, 5.41) is 5.76. The second-order valence-corrected chi connectivity index (χ2v) is 5.84. The van der Waals surface area contributed by atoms with Crippen molar-refractivity contribution in [3.63, 3.8) is 0 Å². The summed E-state index contributed by atoms with van der Waals surface area (Å²) in [6, 6.07) is 6.72. The Balaban J connectivity index is 2.61. The van der Waals surface area contributed by atoms with Gasteiger partial charge in [0.05, 0.1) is 0 Å². The molecule has 0 saturated heterocycles. The maximum absolute atomic E-state index is 12.0. The molecule has 0 radical (unpaired) electrons. The van der Waals surface area contributed by atoms with E-state index in [2.05, 4.69) is 24.5 Å². The number of carbonyl (C=O) groups is 2. The fraction of sp³-hybridized carbons (Fsp3) is 0.500. The predicted octanol–water partition coefficient (Wildman–Crippen LogP) is 2.60. The lowest BCUT2D eigenvalue weighted by Crippen LogP contribution is -2.46. The van der Waals surface area contributed by atoms with Gasteiger partial charge in [-0.25, -0.2) is 4.79 Å². The topological polar surface area (TPSA) is 61.4 Å². The summed E-state index contributed by atoms with van der Waals surface area (Å²) >= 11 is 0. The molecule has 0 aliphatic rings. The summed E-state index contributed by atoms with van der Waals surface area (Å²) in [7, 11) is 3.96. The van der Waals surface area contributed by atoms with Gasteiger partial charge >= 0.3 is 6.03 Å². The minimum Gasteiger partial charge on any atom is -0.334 e. The third-order valence-electron chi connectivity index (χ3n) is 3.23. The van der Waals surface area contributed by atoms with E-state index >= 15 is 0 Å². The van der Waals surface area contributed by atoms with Gasteiger partial charge < -0.3 is 15.5 Å². The number of hydrogen-bond acceptors (Lipinski definition) is 3. The molecule has 116 valence electrons. The number of hydrogen-bond donors (Lipinski definition) is 2. The molecule has 2 amide bonds. The van der Waals surface area contributed by atoms with Crippen molar-refractivity contribution in [1.82, 2.24) is 10.2 Å². The molecule has 1 atom stereocenters. The fourth-order valence-corrected chi connectivity index (χ4v) is 1.94. The van der Waals surface area contributed by atoms with Crippen molar-refractivity contribution in [2.45, 2.75) is 26.8 Å². The third kappa shape index (κ3) is 5.95. The van der Waals surface area contributed by atoms with E-state index in [1.165, 1.54) is 6.92 Å². The van der Waals surface area contributed by atoms with E-state index in [9.17, 15) is 9.59 Å². The summed E-state index contributed by atoms with van der Waals surface area (Å²) in [6.07, 6.45) is 0. The molecule has 1 aromatic carbocycles. The van der Waals surface area contributed by atoms with Crippen molar-refractivity contribution in [2.24, 2.45) is 5.92 Å². The Hall–Kier alpha value is -1.88. The number of anilines is 1. The van der Waals surface area contributed by atoms with E-state index in [4.69, 9.17) is 0 Å². The number of benzene rings is 1. The van der Waals surface area contributed by atoms with Crippen LogP contribution >= 0.6 is 0 Å². The number of Topliss-reactive ketones (excluding diaryl/α,β-unsaturated/α-hetero) is 1. The van der Waals surface area contributed by atoms with Crippen molar-refractivity contribution in [3.8, 4) is 0 Å². The van der Waals surface area contributed by atoms with Crippen LogP contribution in [-0.4, -0.2) is 43.4 Å². The van der Waals surface area contributed by atoms with E-state index in [0.717, 1.165) is 6.54 Å². The summed E-state index contributed by atoms with van der Waals surface area (Å²) in [5.74, 6) is 0.357. The van der Waals surface area contributed by atoms with Gasteiger partial charge in [-0.2, -0.15) is 0 Å². The molecule has 21 heavy (non-hydrogen) atoms. The molecule has 1 unspecified atom stereocenters. The van der Waals surface area contributed by atoms with Crippen molar-refractivity contribution in [1.29, 1.82) is 0 Å². The monoisotopic (exact) mass is 291 g/mol.